The molecular weight excluding hydrogens is 368 g/mol. The van der Waals surface area contributed by atoms with Crippen molar-refractivity contribution in [3.05, 3.63) is 29.8 Å². The third-order valence-corrected chi connectivity index (χ3v) is 6.57. The molecule has 3 N–H and O–H groups in total. The lowest BCUT2D eigenvalue weighted by Gasteiger charge is -2.31. The quantitative estimate of drug-likeness (QED) is 0.612. The number of carbonyl (C=O) groups excluding carboxylic acids is 2. The molecule has 1 fully saturated rings. The van der Waals surface area contributed by atoms with Crippen molar-refractivity contribution in [3.8, 4) is 0 Å². The van der Waals surface area contributed by atoms with Gasteiger partial charge in [-0.1, -0.05) is 0 Å². The normalized spacial score (nSPS) is 18.4. The smallest absolute Gasteiger partial charge is 0.251 e. The van der Waals surface area contributed by atoms with Crippen molar-refractivity contribution < 1.29 is 18.0 Å². The first-order valence-corrected chi connectivity index (χ1v) is 10.5. The van der Waals surface area contributed by atoms with Crippen LogP contribution < -0.4 is 11.1 Å². The standard InChI is InChI=1S/C18H28N4O4S/c1-21(2)27(25,26)16-8-6-14(7-9-16)18(24)20-10-4-12-22-11-3-5-15(13-22)17(19)23/h6-9,15H,3-5,10-13H2,1-2H3,(H2,19,23)(H,20,24)/t15-/m1/s1. The van der Waals surface area contributed by atoms with Crippen molar-refractivity contribution in [1.82, 2.24) is 14.5 Å². The molecule has 27 heavy (non-hydrogen) atoms. The number of piperidine rings is 1. The topological polar surface area (TPSA) is 113 Å². The zero-order chi connectivity index (χ0) is 20.0. The van der Waals surface area contributed by atoms with Gasteiger partial charge >= 0.3 is 0 Å². The molecule has 0 spiro atoms. The Bertz CT molecular complexity index is 762. The van der Waals surface area contributed by atoms with Gasteiger partial charge in [0.2, 0.25) is 15.9 Å². The number of nitrogens with one attached hydrogen (secondary N) is 1. The molecule has 1 aliphatic rings. The summed E-state index contributed by atoms with van der Waals surface area (Å²) in [6, 6.07) is 5.88. The summed E-state index contributed by atoms with van der Waals surface area (Å²) in [6.45, 7) is 2.93. The minimum atomic E-state index is -3.50. The maximum absolute atomic E-state index is 12.2. The molecule has 0 unspecified atom stereocenters. The number of primary amides is 1. The fourth-order valence-corrected chi connectivity index (χ4v) is 3.99. The van der Waals surface area contributed by atoms with Crippen LogP contribution in [0.25, 0.3) is 0 Å². The number of hydrogen-bond acceptors (Lipinski definition) is 5. The van der Waals surface area contributed by atoms with Crippen LogP contribution in [0.3, 0.4) is 0 Å². The first-order valence-electron chi connectivity index (χ1n) is 9.04. The van der Waals surface area contributed by atoms with E-state index in [0.717, 1.165) is 36.7 Å². The molecule has 0 saturated carbocycles. The molecule has 0 aromatic heterocycles. The molecule has 1 aliphatic heterocycles. The van der Waals surface area contributed by atoms with Gasteiger partial charge in [0, 0.05) is 32.7 Å². The number of rotatable bonds is 8. The summed E-state index contributed by atoms with van der Waals surface area (Å²) < 4.78 is 25.2. The molecule has 0 radical (unpaired) electrons. The highest BCUT2D eigenvalue weighted by molar-refractivity contribution is 7.89. The number of nitrogens with zero attached hydrogens (tertiary/aromatic N) is 2. The molecule has 1 aromatic rings. The Morgan fingerprint density at radius 1 is 1.26 bits per heavy atom. The molecule has 2 rings (SSSR count). The third-order valence-electron chi connectivity index (χ3n) is 4.74. The van der Waals surface area contributed by atoms with E-state index < -0.39 is 10.0 Å². The van der Waals surface area contributed by atoms with E-state index in [0.29, 0.717) is 18.7 Å². The molecule has 0 bridgehead atoms. The van der Waals surface area contributed by atoms with E-state index in [-0.39, 0.29) is 22.6 Å². The number of nitrogens with two attached hydrogens (primary N) is 1. The second kappa shape index (κ2) is 9.29. The zero-order valence-corrected chi connectivity index (χ0v) is 16.7. The first-order chi connectivity index (χ1) is 12.7. The van der Waals surface area contributed by atoms with E-state index in [1.165, 1.54) is 38.4 Å². The van der Waals surface area contributed by atoms with Crippen molar-refractivity contribution in [2.24, 2.45) is 11.7 Å². The Labute approximate surface area is 160 Å². The van der Waals surface area contributed by atoms with Crippen LogP contribution in [0.15, 0.2) is 29.2 Å². The average Bonchev–Trinajstić information content (AvgIpc) is 2.65. The Balaban J connectivity index is 1.78. The molecular formula is C18H28N4O4S. The monoisotopic (exact) mass is 396 g/mol. The highest BCUT2D eigenvalue weighted by atomic mass is 32.2. The van der Waals surface area contributed by atoms with E-state index in [1.54, 1.807) is 0 Å². The van der Waals surface area contributed by atoms with Crippen LogP contribution in [0.2, 0.25) is 0 Å². The molecule has 0 aliphatic carbocycles. The highest BCUT2D eigenvalue weighted by Gasteiger charge is 2.23. The molecule has 8 nitrogen and oxygen atoms in total. The predicted molar refractivity (Wildman–Crippen MR) is 103 cm³/mol. The Hall–Kier alpha value is -1.97. The predicted octanol–water partition coefficient (Wildman–Crippen LogP) is 0.254. The third kappa shape index (κ3) is 5.75. The number of carbonyl (C=O) groups is 2. The van der Waals surface area contributed by atoms with E-state index >= 15 is 0 Å². The first kappa shape index (κ1) is 21.3. The summed E-state index contributed by atoms with van der Waals surface area (Å²) in [6.07, 6.45) is 2.58. The van der Waals surface area contributed by atoms with Gasteiger partial charge in [-0.05, 0) is 56.6 Å². The Kier molecular flexibility index (Phi) is 7.34. The van der Waals surface area contributed by atoms with Gasteiger partial charge < -0.3 is 16.0 Å². The average molecular weight is 397 g/mol. The summed E-state index contributed by atoms with van der Waals surface area (Å²) in [5.74, 6) is -0.560. The van der Waals surface area contributed by atoms with Crippen LogP contribution in [-0.4, -0.2) is 69.7 Å². The van der Waals surface area contributed by atoms with Gasteiger partial charge in [-0.25, -0.2) is 12.7 Å². The zero-order valence-electron chi connectivity index (χ0n) is 15.8. The van der Waals surface area contributed by atoms with Gasteiger partial charge in [0.15, 0.2) is 0 Å². The highest BCUT2D eigenvalue weighted by Crippen LogP contribution is 2.16. The lowest BCUT2D eigenvalue weighted by molar-refractivity contribution is -0.123. The fourth-order valence-electron chi connectivity index (χ4n) is 3.09. The van der Waals surface area contributed by atoms with E-state index in [2.05, 4.69) is 10.2 Å². The van der Waals surface area contributed by atoms with Crippen molar-refractivity contribution in [2.45, 2.75) is 24.2 Å². The van der Waals surface area contributed by atoms with Crippen LogP contribution in [0.1, 0.15) is 29.6 Å². The maximum Gasteiger partial charge on any atom is 0.251 e. The lowest BCUT2D eigenvalue weighted by Crippen LogP contribution is -2.42. The second-order valence-electron chi connectivity index (χ2n) is 6.96. The van der Waals surface area contributed by atoms with Crippen LogP contribution in [0.4, 0.5) is 0 Å². The molecule has 1 aromatic carbocycles. The van der Waals surface area contributed by atoms with Gasteiger partial charge in [-0.2, -0.15) is 0 Å². The SMILES string of the molecule is CN(C)S(=O)(=O)c1ccc(C(=O)NCCCN2CCC[C@@H](C(N)=O)C2)cc1. The van der Waals surface area contributed by atoms with Crippen LogP contribution >= 0.6 is 0 Å². The van der Waals surface area contributed by atoms with Gasteiger partial charge in [-0.15, -0.1) is 0 Å². The summed E-state index contributed by atoms with van der Waals surface area (Å²) in [7, 11) is -0.576. The molecule has 1 atom stereocenters. The van der Waals surface area contributed by atoms with E-state index in [9.17, 15) is 18.0 Å². The van der Waals surface area contributed by atoms with Crippen LogP contribution in [-0.2, 0) is 14.8 Å². The van der Waals surface area contributed by atoms with Crippen LogP contribution in [0.5, 0.6) is 0 Å². The van der Waals surface area contributed by atoms with E-state index in [1.807, 2.05) is 0 Å². The number of likely N-dealkylation sites (tertiary alicyclic amines) is 1. The van der Waals surface area contributed by atoms with Gasteiger partial charge in [-0.3, -0.25) is 9.59 Å². The maximum atomic E-state index is 12.2. The number of hydrogen-bond donors (Lipinski definition) is 2. The van der Waals surface area contributed by atoms with Crippen LogP contribution in [0, 0.1) is 5.92 Å². The minimum absolute atomic E-state index is 0.0784. The van der Waals surface area contributed by atoms with Gasteiger partial charge in [0.1, 0.15) is 0 Å². The van der Waals surface area contributed by atoms with Crippen molar-refractivity contribution in [2.75, 3.05) is 40.3 Å². The summed E-state index contributed by atoms with van der Waals surface area (Å²) in [5.41, 5.74) is 5.80. The number of benzene rings is 1. The molecule has 150 valence electrons. The number of amides is 2. The van der Waals surface area contributed by atoms with Gasteiger partial charge in [0.25, 0.3) is 5.91 Å². The molecule has 1 saturated heterocycles. The summed E-state index contributed by atoms with van der Waals surface area (Å²) in [4.78, 5) is 25.8. The largest absolute Gasteiger partial charge is 0.369 e. The Morgan fingerprint density at radius 2 is 1.93 bits per heavy atom. The lowest BCUT2D eigenvalue weighted by atomic mass is 9.97. The number of sulfonamides is 1. The van der Waals surface area contributed by atoms with E-state index in [4.69, 9.17) is 5.73 Å². The summed E-state index contributed by atoms with van der Waals surface area (Å²) >= 11 is 0. The molecule has 1 heterocycles. The summed E-state index contributed by atoms with van der Waals surface area (Å²) in [5, 5.41) is 2.84. The fraction of sp³-hybridized carbons (Fsp3) is 0.556. The Morgan fingerprint density at radius 3 is 2.52 bits per heavy atom. The minimum Gasteiger partial charge on any atom is -0.369 e. The van der Waals surface area contributed by atoms with Gasteiger partial charge in [0.05, 0.1) is 10.8 Å². The van der Waals surface area contributed by atoms with Crippen molar-refractivity contribution in [1.29, 1.82) is 0 Å². The molecule has 2 amide bonds. The van der Waals surface area contributed by atoms with Crippen molar-refractivity contribution in [3.63, 3.8) is 0 Å². The second-order valence-corrected chi connectivity index (χ2v) is 9.12. The molecule has 9 heteroatoms. The van der Waals surface area contributed by atoms with Crippen molar-refractivity contribution >= 4 is 21.8 Å².